The molecule has 5 heteroatoms. The molecule has 0 amide bonds. The summed E-state index contributed by atoms with van der Waals surface area (Å²) in [4.78, 5) is 2.20. The first-order valence-electron chi connectivity index (χ1n) is 4.28. The number of sulfone groups is 1. The van der Waals surface area contributed by atoms with Gasteiger partial charge in [0.25, 0.3) is 0 Å². The van der Waals surface area contributed by atoms with Crippen LogP contribution in [0.1, 0.15) is 6.42 Å². The van der Waals surface area contributed by atoms with Gasteiger partial charge in [-0.1, -0.05) is 0 Å². The monoisotopic (exact) mass is 190 g/mol. The van der Waals surface area contributed by atoms with Crippen molar-refractivity contribution in [3.63, 3.8) is 0 Å². The quantitative estimate of drug-likeness (QED) is 0.557. The fourth-order valence-electron chi connectivity index (χ4n) is 1.89. The predicted molar refractivity (Wildman–Crippen MR) is 46.6 cm³/mol. The molecule has 0 aromatic carbocycles. The molecule has 3 atom stereocenters. The van der Waals surface area contributed by atoms with Crippen molar-refractivity contribution in [3.05, 3.63) is 0 Å². The van der Waals surface area contributed by atoms with E-state index in [1.807, 2.05) is 0 Å². The summed E-state index contributed by atoms with van der Waals surface area (Å²) in [6, 6.07) is 0.729. The van der Waals surface area contributed by atoms with Crippen molar-refractivity contribution >= 4 is 9.84 Å². The molecule has 0 aliphatic carbocycles. The van der Waals surface area contributed by atoms with Crippen LogP contribution in [0.2, 0.25) is 0 Å². The molecule has 2 saturated heterocycles. The Morgan fingerprint density at radius 1 is 1.50 bits per heavy atom. The summed E-state index contributed by atoms with van der Waals surface area (Å²) in [5.41, 5.74) is 5.47. The van der Waals surface area contributed by atoms with Gasteiger partial charge in [0.15, 0.2) is 9.84 Å². The molecular weight excluding hydrogens is 176 g/mol. The maximum absolute atomic E-state index is 11.1. The highest BCUT2D eigenvalue weighted by Gasteiger charge is 2.43. The maximum Gasteiger partial charge on any atom is 0.151 e. The van der Waals surface area contributed by atoms with Gasteiger partial charge in [0.05, 0.1) is 11.5 Å². The number of nitrogens with two attached hydrogens (primary N) is 1. The Morgan fingerprint density at radius 2 is 2.25 bits per heavy atom. The Bertz CT molecular complexity index is 275. The van der Waals surface area contributed by atoms with E-state index in [2.05, 4.69) is 4.90 Å². The van der Waals surface area contributed by atoms with Gasteiger partial charge in [-0.05, 0) is 6.42 Å². The summed E-state index contributed by atoms with van der Waals surface area (Å²) < 4.78 is 22.2. The third kappa shape index (κ3) is 1.48. The van der Waals surface area contributed by atoms with E-state index in [0.29, 0.717) is 24.1 Å². The molecule has 2 N–H and O–H groups in total. The zero-order valence-electron chi connectivity index (χ0n) is 6.94. The van der Waals surface area contributed by atoms with Crippen molar-refractivity contribution in [1.82, 2.24) is 4.90 Å². The fraction of sp³-hybridized carbons (Fsp3) is 1.00. The molecule has 0 aromatic heterocycles. The first-order valence-corrected chi connectivity index (χ1v) is 6.11. The molecule has 2 fully saturated rings. The molecule has 2 aliphatic heterocycles. The summed E-state index contributed by atoms with van der Waals surface area (Å²) in [5.74, 6) is 0.717. The lowest BCUT2D eigenvalue weighted by Gasteiger charge is -2.08. The highest BCUT2D eigenvalue weighted by molar-refractivity contribution is 7.91. The third-order valence-corrected chi connectivity index (χ3v) is 4.46. The van der Waals surface area contributed by atoms with Gasteiger partial charge in [0.2, 0.25) is 0 Å². The smallest absolute Gasteiger partial charge is 0.151 e. The van der Waals surface area contributed by atoms with Crippen LogP contribution in [0.5, 0.6) is 0 Å². The summed E-state index contributed by atoms with van der Waals surface area (Å²) in [6.07, 6.45) is 0.804. The third-order valence-electron chi connectivity index (χ3n) is 2.71. The molecule has 2 aliphatic rings. The maximum atomic E-state index is 11.1. The Kier molecular flexibility index (Phi) is 1.89. The molecule has 12 heavy (non-hydrogen) atoms. The molecule has 0 saturated carbocycles. The SMILES string of the molecule is NCC1CN1C1CCS(=O)(=O)C1. The summed E-state index contributed by atoms with van der Waals surface area (Å²) >= 11 is 0. The summed E-state index contributed by atoms with van der Waals surface area (Å²) in [6.45, 7) is 1.66. The van der Waals surface area contributed by atoms with E-state index < -0.39 is 9.84 Å². The van der Waals surface area contributed by atoms with E-state index >= 15 is 0 Å². The summed E-state index contributed by atoms with van der Waals surface area (Å²) in [5, 5.41) is 0. The second-order valence-electron chi connectivity index (χ2n) is 3.64. The largest absolute Gasteiger partial charge is 0.329 e. The standard InChI is InChI=1S/C7H14N2O2S/c8-3-7-4-9(7)6-1-2-12(10,11)5-6/h6-7H,1-5,8H2. The van der Waals surface area contributed by atoms with Crippen LogP contribution in [0, 0.1) is 0 Å². The van der Waals surface area contributed by atoms with E-state index in [-0.39, 0.29) is 6.04 Å². The normalized spacial score (nSPS) is 44.6. The minimum Gasteiger partial charge on any atom is -0.329 e. The van der Waals surface area contributed by atoms with Gasteiger partial charge in [-0.3, -0.25) is 4.90 Å². The van der Waals surface area contributed by atoms with Crippen LogP contribution < -0.4 is 5.73 Å². The second kappa shape index (κ2) is 2.68. The summed E-state index contributed by atoms with van der Waals surface area (Å²) in [7, 11) is -2.71. The number of rotatable bonds is 2. The topological polar surface area (TPSA) is 63.2 Å². The molecule has 0 spiro atoms. The Balaban J connectivity index is 1.94. The molecule has 0 radical (unpaired) electrons. The molecular formula is C7H14N2O2S. The molecule has 70 valence electrons. The van der Waals surface area contributed by atoms with Gasteiger partial charge in [0.1, 0.15) is 0 Å². The van der Waals surface area contributed by atoms with Crippen LogP contribution in [0.4, 0.5) is 0 Å². The average Bonchev–Trinajstić information content (AvgIpc) is 2.70. The van der Waals surface area contributed by atoms with E-state index in [9.17, 15) is 8.42 Å². The minimum atomic E-state index is -2.71. The van der Waals surface area contributed by atoms with E-state index in [1.165, 1.54) is 0 Å². The van der Waals surface area contributed by atoms with Crippen LogP contribution in [-0.4, -0.2) is 50.0 Å². The van der Waals surface area contributed by atoms with Gasteiger partial charge in [-0.2, -0.15) is 0 Å². The second-order valence-corrected chi connectivity index (χ2v) is 5.87. The van der Waals surface area contributed by atoms with Crippen molar-refractivity contribution in [1.29, 1.82) is 0 Å². The molecule has 0 bridgehead atoms. The lowest BCUT2D eigenvalue weighted by Crippen LogP contribution is -2.24. The van der Waals surface area contributed by atoms with Crippen molar-refractivity contribution in [2.45, 2.75) is 18.5 Å². The van der Waals surface area contributed by atoms with E-state index in [4.69, 9.17) is 5.73 Å². The lowest BCUT2D eigenvalue weighted by atomic mass is 10.3. The Labute approximate surface area is 72.6 Å². The zero-order valence-corrected chi connectivity index (χ0v) is 7.76. The van der Waals surface area contributed by atoms with Crippen LogP contribution in [0.3, 0.4) is 0 Å². The molecule has 2 rings (SSSR count). The number of hydrogen-bond donors (Lipinski definition) is 1. The van der Waals surface area contributed by atoms with Crippen molar-refractivity contribution in [2.75, 3.05) is 24.6 Å². The number of nitrogens with zero attached hydrogens (tertiary/aromatic N) is 1. The first-order chi connectivity index (χ1) is 5.62. The molecule has 2 heterocycles. The van der Waals surface area contributed by atoms with Crippen LogP contribution in [0.25, 0.3) is 0 Å². The van der Waals surface area contributed by atoms with Gasteiger partial charge < -0.3 is 5.73 Å². The van der Waals surface area contributed by atoms with Gasteiger partial charge >= 0.3 is 0 Å². The van der Waals surface area contributed by atoms with Crippen LogP contribution in [0.15, 0.2) is 0 Å². The highest BCUT2D eigenvalue weighted by atomic mass is 32.2. The van der Waals surface area contributed by atoms with Gasteiger partial charge in [-0.25, -0.2) is 8.42 Å². The van der Waals surface area contributed by atoms with Gasteiger partial charge in [0, 0.05) is 25.2 Å². The van der Waals surface area contributed by atoms with Crippen molar-refractivity contribution < 1.29 is 8.42 Å². The number of hydrogen-bond acceptors (Lipinski definition) is 4. The van der Waals surface area contributed by atoms with Crippen molar-refractivity contribution in [2.24, 2.45) is 5.73 Å². The van der Waals surface area contributed by atoms with E-state index in [1.54, 1.807) is 0 Å². The lowest BCUT2D eigenvalue weighted by molar-refractivity contribution is 0.402. The average molecular weight is 190 g/mol. The highest BCUT2D eigenvalue weighted by Crippen LogP contribution is 2.27. The van der Waals surface area contributed by atoms with Crippen molar-refractivity contribution in [3.8, 4) is 0 Å². The van der Waals surface area contributed by atoms with E-state index in [0.717, 1.165) is 13.0 Å². The fourth-order valence-corrected chi connectivity index (χ4v) is 3.63. The zero-order chi connectivity index (χ0) is 8.77. The van der Waals surface area contributed by atoms with Gasteiger partial charge in [-0.15, -0.1) is 0 Å². The Hall–Kier alpha value is -0.130. The van der Waals surface area contributed by atoms with Crippen LogP contribution in [-0.2, 0) is 9.84 Å². The van der Waals surface area contributed by atoms with Crippen LogP contribution >= 0.6 is 0 Å². The molecule has 0 aromatic rings. The molecule has 4 nitrogen and oxygen atoms in total. The minimum absolute atomic E-state index is 0.267. The predicted octanol–water partition coefficient (Wildman–Crippen LogP) is -1.18. The Morgan fingerprint density at radius 3 is 2.67 bits per heavy atom. The first kappa shape index (κ1) is 8.47. The molecule has 3 unspecified atom stereocenters.